The van der Waals surface area contributed by atoms with Crippen molar-refractivity contribution in [3.05, 3.63) is 45.9 Å². The fraction of sp³-hybridized carbons (Fsp3) is 0.308. The maximum absolute atomic E-state index is 12.5. The van der Waals surface area contributed by atoms with Gasteiger partial charge in [0.15, 0.2) is 5.01 Å². The summed E-state index contributed by atoms with van der Waals surface area (Å²) in [6.45, 7) is 2.03. The number of benzene rings is 1. The van der Waals surface area contributed by atoms with Gasteiger partial charge >= 0.3 is 6.18 Å². The van der Waals surface area contributed by atoms with Gasteiger partial charge in [0.05, 0.1) is 4.88 Å². The molecule has 2 nitrogen and oxygen atoms in total. The maximum Gasteiger partial charge on any atom is 0.443 e. The lowest BCUT2D eigenvalue weighted by Gasteiger charge is -2.09. The highest BCUT2D eigenvalue weighted by Gasteiger charge is 2.35. The Morgan fingerprint density at radius 1 is 1.30 bits per heavy atom. The molecule has 2 rings (SSSR count). The van der Waals surface area contributed by atoms with Gasteiger partial charge in [-0.05, 0) is 23.4 Å². The third-order valence-corrected chi connectivity index (χ3v) is 4.53. The predicted octanol–water partition coefficient (Wildman–Crippen LogP) is 4.36. The molecule has 20 heavy (non-hydrogen) atoms. The average molecular weight is 319 g/mol. The van der Waals surface area contributed by atoms with Gasteiger partial charge in [-0.1, -0.05) is 19.1 Å². The van der Waals surface area contributed by atoms with E-state index >= 15 is 0 Å². The van der Waals surface area contributed by atoms with Gasteiger partial charge < -0.3 is 5.11 Å². The van der Waals surface area contributed by atoms with E-state index in [2.05, 4.69) is 4.98 Å². The number of thiazole rings is 1. The molecule has 7 heteroatoms. The van der Waals surface area contributed by atoms with Crippen LogP contribution in [0.4, 0.5) is 13.2 Å². The lowest BCUT2D eigenvalue weighted by Crippen LogP contribution is -2.03. The van der Waals surface area contributed by atoms with Crippen molar-refractivity contribution in [3.63, 3.8) is 0 Å². The van der Waals surface area contributed by atoms with Crippen LogP contribution in [0.5, 0.6) is 0 Å². The Bertz CT molecular complexity index is 566. The van der Waals surface area contributed by atoms with Crippen molar-refractivity contribution in [2.24, 2.45) is 0 Å². The van der Waals surface area contributed by atoms with Crippen LogP contribution in [-0.4, -0.2) is 15.8 Å². The van der Waals surface area contributed by atoms with Crippen LogP contribution in [-0.2, 0) is 6.18 Å². The molecule has 0 aliphatic carbocycles. The summed E-state index contributed by atoms with van der Waals surface area (Å²) in [5, 5.41) is 9.15. The zero-order valence-electron chi connectivity index (χ0n) is 10.5. The highest BCUT2D eigenvalue weighted by molar-refractivity contribution is 7.99. The summed E-state index contributed by atoms with van der Waals surface area (Å²) < 4.78 is 37.4. The molecule has 0 fully saturated rings. The van der Waals surface area contributed by atoms with Gasteiger partial charge in [0.1, 0.15) is 6.10 Å². The molecular weight excluding hydrogens is 307 g/mol. The second-order valence-electron chi connectivity index (χ2n) is 3.97. The van der Waals surface area contributed by atoms with E-state index in [0.29, 0.717) is 16.9 Å². The quantitative estimate of drug-likeness (QED) is 0.850. The van der Waals surface area contributed by atoms with Gasteiger partial charge in [-0.3, -0.25) is 0 Å². The molecule has 1 atom stereocenters. The number of nitrogens with zero attached hydrogens (tertiary/aromatic N) is 1. The van der Waals surface area contributed by atoms with Crippen LogP contribution >= 0.6 is 23.1 Å². The van der Waals surface area contributed by atoms with Crippen LogP contribution in [0.1, 0.15) is 28.5 Å². The molecule has 1 aromatic carbocycles. The zero-order valence-corrected chi connectivity index (χ0v) is 12.1. The minimum atomic E-state index is -4.47. The van der Waals surface area contributed by atoms with Crippen LogP contribution in [0.3, 0.4) is 0 Å². The number of hydrogen-bond acceptors (Lipinski definition) is 4. The van der Waals surface area contributed by atoms with Crippen LogP contribution in [0, 0.1) is 0 Å². The molecule has 0 amide bonds. The van der Waals surface area contributed by atoms with Crippen LogP contribution < -0.4 is 0 Å². The lowest BCUT2D eigenvalue weighted by atomic mass is 10.1. The smallest absolute Gasteiger partial charge is 0.383 e. The van der Waals surface area contributed by atoms with E-state index in [4.69, 9.17) is 0 Å². The summed E-state index contributed by atoms with van der Waals surface area (Å²) in [7, 11) is 0. The molecule has 0 bridgehead atoms. The third-order valence-electron chi connectivity index (χ3n) is 2.54. The summed E-state index contributed by atoms with van der Waals surface area (Å²) in [5.41, 5.74) is 0.558. The Morgan fingerprint density at radius 2 is 1.95 bits per heavy atom. The molecule has 1 unspecified atom stereocenters. The first kappa shape index (κ1) is 15.3. The van der Waals surface area contributed by atoms with Crippen LogP contribution in [0.15, 0.2) is 35.4 Å². The van der Waals surface area contributed by atoms with E-state index in [1.165, 1.54) is 0 Å². The number of halogens is 3. The largest absolute Gasteiger partial charge is 0.443 e. The number of hydrogen-bond donors (Lipinski definition) is 1. The Balaban J connectivity index is 2.18. The van der Waals surface area contributed by atoms with Gasteiger partial charge in [0.25, 0.3) is 0 Å². The summed E-state index contributed by atoms with van der Waals surface area (Å²) in [4.78, 5) is 4.56. The number of aliphatic hydroxyl groups excluding tert-OH is 1. The van der Waals surface area contributed by atoms with Crippen LogP contribution in [0.2, 0.25) is 0 Å². The molecule has 2 aromatic rings. The first-order valence-corrected chi connectivity index (χ1v) is 7.65. The number of aromatic nitrogens is 1. The van der Waals surface area contributed by atoms with Gasteiger partial charge in [0.2, 0.25) is 0 Å². The summed E-state index contributed by atoms with van der Waals surface area (Å²) >= 11 is 2.12. The van der Waals surface area contributed by atoms with E-state index < -0.39 is 17.3 Å². The number of alkyl halides is 3. The van der Waals surface area contributed by atoms with Crippen molar-refractivity contribution in [1.29, 1.82) is 0 Å². The van der Waals surface area contributed by atoms with Gasteiger partial charge in [-0.2, -0.15) is 13.2 Å². The van der Waals surface area contributed by atoms with Gasteiger partial charge in [-0.25, -0.2) is 4.98 Å². The van der Waals surface area contributed by atoms with Crippen molar-refractivity contribution < 1.29 is 18.3 Å². The highest BCUT2D eigenvalue weighted by atomic mass is 32.2. The third kappa shape index (κ3) is 3.53. The normalized spacial score (nSPS) is 13.4. The van der Waals surface area contributed by atoms with E-state index in [1.807, 2.05) is 19.1 Å². The summed E-state index contributed by atoms with van der Waals surface area (Å²) in [6, 6.07) is 7.13. The fourth-order valence-corrected chi connectivity index (χ4v) is 3.08. The van der Waals surface area contributed by atoms with Crippen molar-refractivity contribution in [2.75, 3.05) is 5.75 Å². The first-order chi connectivity index (χ1) is 9.41. The van der Waals surface area contributed by atoms with Crippen molar-refractivity contribution in [3.8, 4) is 0 Å². The highest BCUT2D eigenvalue weighted by Crippen LogP contribution is 2.36. The molecule has 1 aromatic heterocycles. The molecule has 0 radical (unpaired) electrons. The molecule has 0 aliphatic rings. The number of aliphatic hydroxyl groups is 1. The maximum atomic E-state index is 12.5. The van der Waals surface area contributed by atoms with E-state index in [1.54, 1.807) is 23.9 Å². The number of rotatable bonds is 4. The van der Waals surface area contributed by atoms with Crippen molar-refractivity contribution in [2.45, 2.75) is 24.1 Å². The predicted molar refractivity (Wildman–Crippen MR) is 74.0 cm³/mol. The summed E-state index contributed by atoms with van der Waals surface area (Å²) in [5.74, 6) is 0.936. The second kappa shape index (κ2) is 6.15. The topological polar surface area (TPSA) is 33.1 Å². The van der Waals surface area contributed by atoms with Crippen molar-refractivity contribution >= 4 is 23.1 Å². The molecule has 1 heterocycles. The average Bonchev–Trinajstić information content (AvgIpc) is 2.89. The molecular formula is C13H12F3NOS2. The lowest BCUT2D eigenvalue weighted by molar-refractivity contribution is -0.137. The Morgan fingerprint density at radius 3 is 2.45 bits per heavy atom. The second-order valence-corrected chi connectivity index (χ2v) is 6.37. The monoisotopic (exact) mass is 319 g/mol. The Hall–Kier alpha value is -1.05. The van der Waals surface area contributed by atoms with E-state index in [-0.39, 0.29) is 4.88 Å². The summed E-state index contributed by atoms with van der Waals surface area (Å²) in [6.07, 6.45) is -4.47. The molecule has 0 saturated heterocycles. The number of thioether (sulfide) groups is 1. The van der Waals surface area contributed by atoms with Crippen molar-refractivity contribution in [1.82, 2.24) is 4.98 Å². The van der Waals surface area contributed by atoms with Crippen LogP contribution in [0.25, 0.3) is 0 Å². The molecule has 0 saturated carbocycles. The van der Waals surface area contributed by atoms with Gasteiger partial charge in [0, 0.05) is 11.1 Å². The fourth-order valence-electron chi connectivity index (χ4n) is 1.62. The van der Waals surface area contributed by atoms with E-state index in [0.717, 1.165) is 16.8 Å². The molecule has 108 valence electrons. The molecule has 1 N–H and O–H groups in total. The zero-order chi connectivity index (χ0) is 14.8. The minimum absolute atomic E-state index is 0.188. The van der Waals surface area contributed by atoms with E-state index in [9.17, 15) is 18.3 Å². The van der Waals surface area contributed by atoms with Gasteiger partial charge in [-0.15, -0.1) is 23.1 Å². The molecule has 0 spiro atoms. The Kier molecular flexibility index (Phi) is 4.72. The molecule has 0 aliphatic heterocycles. The minimum Gasteiger partial charge on any atom is -0.383 e. The standard InChI is InChI=1S/C13H12F3NOS2/c1-2-19-9-5-3-8(4-6-9)11(18)10-7-17-12(20-10)13(14,15)16/h3-7,11,18H,2H2,1H3. The SMILES string of the molecule is CCSc1ccc(C(O)c2cnc(C(F)(F)F)s2)cc1. The Labute approximate surface area is 122 Å². The first-order valence-electron chi connectivity index (χ1n) is 5.85.